The van der Waals surface area contributed by atoms with E-state index in [1.54, 1.807) is 20.0 Å². The number of carbonyl (C=O) groups is 2. The highest BCUT2D eigenvalue weighted by Gasteiger charge is 2.20. The number of methoxy groups -OCH3 is 1. The Bertz CT molecular complexity index is 1140. The van der Waals surface area contributed by atoms with Crippen molar-refractivity contribution >= 4 is 58.2 Å². The van der Waals surface area contributed by atoms with Crippen LogP contribution in [0.25, 0.3) is 10.4 Å². The van der Waals surface area contributed by atoms with Crippen LogP contribution in [-0.2, 0) is 0 Å². The molecule has 0 unspecified atom stereocenters. The van der Waals surface area contributed by atoms with Gasteiger partial charge >= 0.3 is 6.03 Å². The number of nitrogens with one attached hydrogen (secondary N) is 1. The van der Waals surface area contributed by atoms with Gasteiger partial charge in [-0.05, 0) is 30.7 Å². The molecule has 30 heavy (non-hydrogen) atoms. The topological polar surface area (TPSA) is 71.5 Å². The van der Waals surface area contributed by atoms with Crippen molar-refractivity contribution in [3.05, 3.63) is 56.9 Å². The van der Waals surface area contributed by atoms with Crippen LogP contribution in [0.15, 0.2) is 30.6 Å². The number of thiophene rings is 1. The summed E-state index contributed by atoms with van der Waals surface area (Å²) < 4.78 is 18.8. The fraction of sp³-hybridized carbons (Fsp3) is 0.150. The minimum absolute atomic E-state index is 0.0182. The zero-order valence-corrected chi connectivity index (χ0v) is 18.5. The van der Waals surface area contributed by atoms with Crippen molar-refractivity contribution in [1.29, 1.82) is 0 Å². The molecule has 1 aromatic carbocycles. The first-order valence-corrected chi connectivity index (χ1v) is 10.1. The van der Waals surface area contributed by atoms with Crippen molar-refractivity contribution in [3.63, 3.8) is 0 Å². The van der Waals surface area contributed by atoms with Crippen molar-refractivity contribution in [2.75, 3.05) is 24.4 Å². The van der Waals surface area contributed by atoms with Crippen LogP contribution >= 0.6 is 34.5 Å². The highest BCUT2D eigenvalue weighted by atomic mass is 35.5. The predicted octanol–water partition coefficient (Wildman–Crippen LogP) is 6.05. The second-order valence-electron chi connectivity index (χ2n) is 6.23. The number of amides is 2. The van der Waals surface area contributed by atoms with Gasteiger partial charge in [0.15, 0.2) is 17.9 Å². The molecule has 0 radical (unpaired) electrons. The summed E-state index contributed by atoms with van der Waals surface area (Å²) in [6.07, 6.45) is 3.64. The molecule has 3 aromatic rings. The molecule has 0 saturated heterocycles. The third-order valence-corrected chi connectivity index (χ3v) is 6.20. The van der Waals surface area contributed by atoms with Crippen LogP contribution in [0.1, 0.15) is 15.2 Å². The minimum Gasteiger partial charge on any atom is -0.494 e. The zero-order chi connectivity index (χ0) is 22.0. The summed E-state index contributed by atoms with van der Waals surface area (Å²) in [6, 6.07) is 3.69. The highest BCUT2D eigenvalue weighted by molar-refractivity contribution is 7.17. The predicted molar refractivity (Wildman–Crippen MR) is 118 cm³/mol. The van der Waals surface area contributed by atoms with Crippen molar-refractivity contribution in [3.8, 4) is 16.2 Å². The molecule has 0 aliphatic carbocycles. The Hall–Kier alpha value is -2.68. The van der Waals surface area contributed by atoms with Crippen LogP contribution < -0.4 is 15.0 Å². The molecule has 0 aliphatic rings. The lowest BCUT2D eigenvalue weighted by atomic mass is 10.1. The summed E-state index contributed by atoms with van der Waals surface area (Å²) in [7, 11) is 2.90. The van der Waals surface area contributed by atoms with Crippen molar-refractivity contribution in [2.45, 2.75) is 6.92 Å². The quantitative estimate of drug-likeness (QED) is 0.463. The van der Waals surface area contributed by atoms with E-state index in [-0.39, 0.29) is 15.6 Å². The normalized spacial score (nSPS) is 10.6. The number of halogens is 3. The van der Waals surface area contributed by atoms with Crippen LogP contribution in [0.4, 0.5) is 20.6 Å². The molecule has 3 rings (SSSR count). The van der Waals surface area contributed by atoms with E-state index >= 15 is 0 Å². The maximum absolute atomic E-state index is 13.8. The van der Waals surface area contributed by atoms with Crippen molar-refractivity contribution in [2.24, 2.45) is 0 Å². The molecular weight excluding hydrogens is 452 g/mol. The van der Waals surface area contributed by atoms with Gasteiger partial charge in [0.25, 0.3) is 0 Å². The van der Waals surface area contributed by atoms with E-state index in [1.165, 1.54) is 30.5 Å². The van der Waals surface area contributed by atoms with E-state index in [9.17, 15) is 14.0 Å². The van der Waals surface area contributed by atoms with E-state index in [1.807, 2.05) is 0 Å². The Morgan fingerprint density at radius 1 is 1.27 bits per heavy atom. The first-order chi connectivity index (χ1) is 14.3. The summed E-state index contributed by atoms with van der Waals surface area (Å²) in [5, 5.41) is 3.29. The van der Waals surface area contributed by atoms with Gasteiger partial charge in [-0.25, -0.2) is 9.18 Å². The maximum atomic E-state index is 13.8. The fourth-order valence-corrected chi connectivity index (χ4v) is 4.16. The Kier molecular flexibility index (Phi) is 6.60. The average Bonchev–Trinajstić information content (AvgIpc) is 3.12. The number of pyridine rings is 1. The minimum atomic E-state index is -0.598. The molecule has 0 spiro atoms. The number of hydrogen-bond donors (Lipinski definition) is 1. The molecule has 0 saturated carbocycles. The number of rotatable bonds is 5. The molecule has 0 atom stereocenters. The van der Waals surface area contributed by atoms with Gasteiger partial charge in [-0.2, -0.15) is 0 Å². The Labute approximate surface area is 186 Å². The number of urea groups is 1. The first-order valence-electron chi connectivity index (χ1n) is 8.54. The van der Waals surface area contributed by atoms with Crippen LogP contribution in [0.3, 0.4) is 0 Å². The van der Waals surface area contributed by atoms with Gasteiger partial charge in [-0.1, -0.05) is 23.2 Å². The van der Waals surface area contributed by atoms with Crippen LogP contribution in [0.5, 0.6) is 5.75 Å². The first kappa shape index (κ1) is 22.0. The average molecular weight is 468 g/mol. The van der Waals surface area contributed by atoms with Gasteiger partial charge < -0.3 is 10.1 Å². The van der Waals surface area contributed by atoms with Gasteiger partial charge in [-0.3, -0.25) is 14.7 Å². The number of anilines is 2. The summed E-state index contributed by atoms with van der Waals surface area (Å²) >= 11 is 13.4. The van der Waals surface area contributed by atoms with Gasteiger partial charge in [0, 0.05) is 23.7 Å². The lowest BCUT2D eigenvalue weighted by molar-refractivity contribution is 0.112. The Morgan fingerprint density at radius 3 is 2.67 bits per heavy atom. The molecule has 1 N–H and O–H groups in total. The van der Waals surface area contributed by atoms with Crippen molar-refractivity contribution < 1.29 is 18.7 Å². The second kappa shape index (κ2) is 8.99. The van der Waals surface area contributed by atoms with E-state index in [0.717, 1.165) is 17.4 Å². The molecule has 156 valence electrons. The molecule has 0 fully saturated rings. The van der Waals surface area contributed by atoms with Crippen LogP contribution in [0.2, 0.25) is 10.0 Å². The van der Waals surface area contributed by atoms with Gasteiger partial charge in [0.05, 0.1) is 39.6 Å². The van der Waals surface area contributed by atoms with E-state index < -0.39 is 11.8 Å². The van der Waals surface area contributed by atoms with Gasteiger partial charge in [0.2, 0.25) is 0 Å². The van der Waals surface area contributed by atoms with E-state index in [2.05, 4.69) is 10.3 Å². The molecule has 0 bridgehead atoms. The molecular formula is C20H16Cl2FN3O3S. The van der Waals surface area contributed by atoms with E-state index in [0.29, 0.717) is 38.7 Å². The molecule has 10 heteroatoms. The fourth-order valence-electron chi connectivity index (χ4n) is 2.73. The number of hydrogen-bond acceptors (Lipinski definition) is 5. The van der Waals surface area contributed by atoms with Crippen molar-refractivity contribution in [1.82, 2.24) is 4.98 Å². The molecule has 6 nitrogen and oxygen atoms in total. The number of aromatic nitrogens is 1. The Morgan fingerprint density at radius 2 is 2.00 bits per heavy atom. The number of carbonyl (C=O) groups excluding carboxylic acids is 2. The zero-order valence-electron chi connectivity index (χ0n) is 16.1. The maximum Gasteiger partial charge on any atom is 0.326 e. The van der Waals surface area contributed by atoms with Gasteiger partial charge in [0.1, 0.15) is 0 Å². The van der Waals surface area contributed by atoms with Crippen LogP contribution in [-0.4, -0.2) is 31.5 Å². The lowest BCUT2D eigenvalue weighted by Crippen LogP contribution is -2.32. The molecule has 2 heterocycles. The van der Waals surface area contributed by atoms with Crippen LogP contribution in [0, 0.1) is 12.7 Å². The number of nitrogens with zero attached hydrogens (tertiary/aromatic N) is 2. The second-order valence-corrected chi connectivity index (χ2v) is 8.13. The summed E-state index contributed by atoms with van der Waals surface area (Å²) in [4.78, 5) is 30.5. The molecule has 0 aliphatic heterocycles. The van der Waals surface area contributed by atoms with E-state index in [4.69, 9.17) is 27.9 Å². The van der Waals surface area contributed by atoms with Gasteiger partial charge in [-0.15, -0.1) is 11.3 Å². The standard InChI is InChI=1S/C20H16Cl2FN3O3S/c1-10-13(22)7-24-8-16(10)26(2)20(28)25-15-6-18(30-19(15)9-27)11-4-17(29-3)14(23)5-12(11)21/h4-9H,1-3H3,(H,25,28). The molecule has 2 amide bonds. The number of ether oxygens (including phenoxy) is 1. The summed E-state index contributed by atoms with van der Waals surface area (Å²) in [5.41, 5.74) is 1.99. The largest absolute Gasteiger partial charge is 0.494 e. The SMILES string of the molecule is COc1cc(-c2cc(NC(=O)N(C)c3cncc(Cl)c3C)c(C=O)s2)c(Cl)cc1F. The molecule has 2 aromatic heterocycles. The lowest BCUT2D eigenvalue weighted by Gasteiger charge is -2.20. The number of benzene rings is 1. The highest BCUT2D eigenvalue weighted by Crippen LogP contribution is 2.40. The summed E-state index contributed by atoms with van der Waals surface area (Å²) in [5.74, 6) is -0.580. The smallest absolute Gasteiger partial charge is 0.326 e. The third kappa shape index (κ3) is 4.26. The monoisotopic (exact) mass is 467 g/mol. The third-order valence-electron chi connectivity index (χ3n) is 4.41. The Balaban J connectivity index is 1.93. The number of aldehydes is 1. The summed E-state index contributed by atoms with van der Waals surface area (Å²) in [6.45, 7) is 1.77.